The number of nitriles is 1. The second-order valence-corrected chi connectivity index (χ2v) is 4.29. The maximum atomic E-state index is 8.73. The summed E-state index contributed by atoms with van der Waals surface area (Å²) in [6.07, 6.45) is 0. The van der Waals surface area contributed by atoms with Gasteiger partial charge in [0, 0.05) is 11.1 Å². The van der Waals surface area contributed by atoms with Crippen LogP contribution in [0.5, 0.6) is 0 Å². The predicted molar refractivity (Wildman–Crippen MR) is 81.4 cm³/mol. The Bertz CT molecular complexity index is 680. The molecule has 19 heavy (non-hydrogen) atoms. The Morgan fingerprint density at radius 2 is 1.58 bits per heavy atom. The van der Waals surface area contributed by atoms with Gasteiger partial charge in [-0.3, -0.25) is 0 Å². The number of allylic oxidation sites excluding steroid dienone is 1. The lowest BCUT2D eigenvalue weighted by molar-refractivity contribution is 1.48. The third-order valence-corrected chi connectivity index (χ3v) is 3.01. The molecular weight excluding hydrogens is 298 g/mol. The number of hydrogen-bond acceptors (Lipinski definition) is 1. The number of rotatable bonds is 1. The monoisotopic (exact) mass is 307 g/mol. The van der Waals surface area contributed by atoms with Crippen molar-refractivity contribution in [3.05, 3.63) is 76.3 Å². The van der Waals surface area contributed by atoms with Crippen LogP contribution in [0, 0.1) is 23.2 Å². The Morgan fingerprint density at radius 1 is 0.947 bits per heavy atom. The Kier molecular flexibility index (Phi) is 4.56. The molecule has 2 aromatic carbocycles. The van der Waals surface area contributed by atoms with Crippen LogP contribution in [-0.2, 0) is 0 Å². The standard InChI is InChI=1S/C17H10BrN/c18-12-17(16-4-2-1-3-5-16)11-10-14-6-8-15(13-19)9-7-14/h1-9,12H/b17-12+. The zero-order valence-corrected chi connectivity index (χ0v) is 11.7. The van der Waals surface area contributed by atoms with Gasteiger partial charge in [-0.25, -0.2) is 0 Å². The lowest BCUT2D eigenvalue weighted by atomic mass is 10.1. The minimum Gasteiger partial charge on any atom is -0.192 e. The molecule has 2 rings (SSSR count). The van der Waals surface area contributed by atoms with Crippen LogP contribution in [0.15, 0.2) is 59.6 Å². The van der Waals surface area contributed by atoms with Crippen molar-refractivity contribution in [1.82, 2.24) is 0 Å². The highest BCUT2D eigenvalue weighted by atomic mass is 79.9. The lowest BCUT2D eigenvalue weighted by Gasteiger charge is -1.97. The summed E-state index contributed by atoms with van der Waals surface area (Å²) >= 11 is 3.34. The second kappa shape index (κ2) is 6.59. The first-order valence-corrected chi connectivity index (χ1v) is 6.63. The van der Waals surface area contributed by atoms with Crippen molar-refractivity contribution >= 4 is 21.5 Å². The van der Waals surface area contributed by atoms with E-state index in [2.05, 4.69) is 33.8 Å². The molecule has 0 aliphatic carbocycles. The van der Waals surface area contributed by atoms with Gasteiger partial charge in [0.1, 0.15) is 0 Å². The van der Waals surface area contributed by atoms with Gasteiger partial charge in [-0.15, -0.1) is 0 Å². The van der Waals surface area contributed by atoms with E-state index >= 15 is 0 Å². The van der Waals surface area contributed by atoms with Crippen LogP contribution >= 0.6 is 15.9 Å². The molecule has 0 aliphatic heterocycles. The molecule has 0 aromatic heterocycles. The third kappa shape index (κ3) is 3.58. The first kappa shape index (κ1) is 13.1. The van der Waals surface area contributed by atoms with E-state index in [1.54, 1.807) is 12.1 Å². The fourth-order valence-corrected chi connectivity index (χ4v) is 1.93. The zero-order valence-electron chi connectivity index (χ0n) is 10.1. The van der Waals surface area contributed by atoms with Gasteiger partial charge in [0.05, 0.1) is 11.6 Å². The highest BCUT2D eigenvalue weighted by Gasteiger charge is 1.95. The summed E-state index contributed by atoms with van der Waals surface area (Å²) < 4.78 is 0. The van der Waals surface area contributed by atoms with Gasteiger partial charge in [-0.1, -0.05) is 58.1 Å². The molecule has 0 radical (unpaired) electrons. The molecule has 0 spiro atoms. The van der Waals surface area contributed by atoms with Crippen molar-refractivity contribution in [2.45, 2.75) is 0 Å². The minimum atomic E-state index is 0.643. The van der Waals surface area contributed by atoms with Gasteiger partial charge in [0.15, 0.2) is 0 Å². The minimum absolute atomic E-state index is 0.643. The SMILES string of the molecule is N#Cc1ccc(C#C/C(=C\Br)c2ccccc2)cc1. The number of halogens is 1. The fourth-order valence-electron chi connectivity index (χ4n) is 1.55. The number of benzene rings is 2. The molecule has 1 nitrogen and oxygen atoms in total. The predicted octanol–water partition coefficient (Wildman–Crippen LogP) is 4.35. The summed E-state index contributed by atoms with van der Waals surface area (Å²) in [5, 5.41) is 8.73. The first-order valence-electron chi connectivity index (χ1n) is 5.71. The molecule has 0 amide bonds. The average Bonchev–Trinajstić information content (AvgIpc) is 2.49. The number of hydrogen-bond donors (Lipinski definition) is 0. The maximum Gasteiger partial charge on any atom is 0.0991 e. The molecule has 0 fully saturated rings. The van der Waals surface area contributed by atoms with Crippen LogP contribution in [0.4, 0.5) is 0 Å². The van der Waals surface area contributed by atoms with Gasteiger partial charge in [-0.05, 0) is 34.8 Å². The van der Waals surface area contributed by atoms with Gasteiger partial charge in [0.25, 0.3) is 0 Å². The van der Waals surface area contributed by atoms with Crippen molar-refractivity contribution in [3.63, 3.8) is 0 Å². The summed E-state index contributed by atoms with van der Waals surface area (Å²) in [6.45, 7) is 0. The lowest BCUT2D eigenvalue weighted by Crippen LogP contribution is -1.80. The molecule has 0 aliphatic rings. The molecule has 0 saturated heterocycles. The molecule has 0 unspecified atom stereocenters. The summed E-state index contributed by atoms with van der Waals surface area (Å²) in [7, 11) is 0. The Hall–Kier alpha value is -2.29. The summed E-state index contributed by atoms with van der Waals surface area (Å²) in [5.41, 5.74) is 3.53. The Morgan fingerprint density at radius 3 is 2.16 bits per heavy atom. The Balaban J connectivity index is 2.25. The molecule has 90 valence electrons. The summed E-state index contributed by atoms with van der Waals surface area (Å²) in [5.74, 6) is 6.21. The van der Waals surface area contributed by atoms with Crippen molar-refractivity contribution in [3.8, 4) is 17.9 Å². The Labute approximate surface area is 121 Å². The summed E-state index contributed by atoms with van der Waals surface area (Å²) in [4.78, 5) is 1.82. The number of nitrogens with zero attached hydrogens (tertiary/aromatic N) is 1. The second-order valence-electron chi connectivity index (χ2n) is 3.83. The van der Waals surface area contributed by atoms with Crippen molar-refractivity contribution in [1.29, 1.82) is 5.26 Å². The van der Waals surface area contributed by atoms with Gasteiger partial charge in [0.2, 0.25) is 0 Å². The molecule has 0 heterocycles. The molecule has 0 bridgehead atoms. The molecular formula is C17H10BrN. The van der Waals surface area contributed by atoms with E-state index in [-0.39, 0.29) is 0 Å². The van der Waals surface area contributed by atoms with E-state index in [0.29, 0.717) is 5.56 Å². The zero-order chi connectivity index (χ0) is 13.5. The van der Waals surface area contributed by atoms with Crippen molar-refractivity contribution < 1.29 is 0 Å². The van der Waals surface area contributed by atoms with Crippen LogP contribution in [0.2, 0.25) is 0 Å². The molecule has 0 saturated carbocycles. The van der Waals surface area contributed by atoms with E-state index in [1.165, 1.54) is 0 Å². The highest BCUT2D eigenvalue weighted by Crippen LogP contribution is 2.15. The first-order chi connectivity index (χ1) is 9.33. The summed E-state index contributed by atoms with van der Waals surface area (Å²) in [6, 6.07) is 19.3. The van der Waals surface area contributed by atoms with E-state index in [0.717, 1.165) is 16.7 Å². The molecule has 0 atom stereocenters. The van der Waals surface area contributed by atoms with Crippen LogP contribution < -0.4 is 0 Å². The van der Waals surface area contributed by atoms with Crippen LogP contribution in [-0.4, -0.2) is 0 Å². The third-order valence-electron chi connectivity index (χ3n) is 2.55. The van der Waals surface area contributed by atoms with Gasteiger partial charge < -0.3 is 0 Å². The van der Waals surface area contributed by atoms with Crippen LogP contribution in [0.1, 0.15) is 16.7 Å². The van der Waals surface area contributed by atoms with Crippen molar-refractivity contribution in [2.75, 3.05) is 0 Å². The van der Waals surface area contributed by atoms with Gasteiger partial charge >= 0.3 is 0 Å². The van der Waals surface area contributed by atoms with Crippen LogP contribution in [0.3, 0.4) is 0 Å². The highest BCUT2D eigenvalue weighted by molar-refractivity contribution is 9.11. The molecule has 2 aromatic rings. The topological polar surface area (TPSA) is 23.8 Å². The van der Waals surface area contributed by atoms with E-state index in [4.69, 9.17) is 5.26 Å². The van der Waals surface area contributed by atoms with Crippen LogP contribution in [0.25, 0.3) is 5.57 Å². The fraction of sp³-hybridized carbons (Fsp3) is 0. The van der Waals surface area contributed by atoms with E-state index in [9.17, 15) is 0 Å². The quantitative estimate of drug-likeness (QED) is 0.719. The normalized spacial score (nSPS) is 10.2. The average molecular weight is 308 g/mol. The maximum absolute atomic E-state index is 8.73. The smallest absolute Gasteiger partial charge is 0.0991 e. The van der Waals surface area contributed by atoms with Gasteiger partial charge in [-0.2, -0.15) is 5.26 Å². The largest absolute Gasteiger partial charge is 0.192 e. The van der Waals surface area contributed by atoms with E-state index in [1.807, 2.05) is 47.4 Å². The molecule has 2 heteroatoms. The van der Waals surface area contributed by atoms with Crippen molar-refractivity contribution in [2.24, 2.45) is 0 Å². The van der Waals surface area contributed by atoms with E-state index < -0.39 is 0 Å². The molecule has 0 N–H and O–H groups in total.